The van der Waals surface area contributed by atoms with E-state index < -0.39 is 5.72 Å². The maximum Gasteiger partial charge on any atom is 0.115 e. The van der Waals surface area contributed by atoms with Crippen molar-refractivity contribution in [2.75, 3.05) is 6.54 Å². The van der Waals surface area contributed by atoms with Crippen molar-refractivity contribution in [1.82, 2.24) is 5.32 Å². The normalized spacial score (nSPS) is 15.4. The lowest BCUT2D eigenvalue weighted by atomic mass is 10.0. The van der Waals surface area contributed by atoms with Gasteiger partial charge in [-0.05, 0) is 25.8 Å². The number of nitrogens with one attached hydrogen (secondary N) is 1. The Kier molecular flexibility index (Phi) is 8.20. The molecule has 0 aromatic heterocycles. The predicted molar refractivity (Wildman–Crippen MR) is 62.3 cm³/mol. The third kappa shape index (κ3) is 6.39. The second kappa shape index (κ2) is 8.25. The summed E-state index contributed by atoms with van der Waals surface area (Å²) in [7, 11) is 0. The van der Waals surface area contributed by atoms with E-state index in [4.69, 9.17) is 0 Å². The maximum absolute atomic E-state index is 10.1. The molecule has 0 aliphatic rings. The Morgan fingerprint density at radius 1 is 1.00 bits per heavy atom. The molecule has 14 heavy (non-hydrogen) atoms. The minimum Gasteiger partial charge on any atom is -0.376 e. The van der Waals surface area contributed by atoms with Crippen molar-refractivity contribution in [1.29, 1.82) is 0 Å². The van der Waals surface area contributed by atoms with Crippen molar-refractivity contribution >= 4 is 0 Å². The van der Waals surface area contributed by atoms with Gasteiger partial charge in [-0.25, -0.2) is 0 Å². The van der Waals surface area contributed by atoms with Crippen LogP contribution in [0.1, 0.15) is 65.7 Å². The molecule has 0 rings (SSSR count). The third-order valence-corrected chi connectivity index (χ3v) is 2.78. The Balaban J connectivity index is 3.51. The zero-order valence-electron chi connectivity index (χ0n) is 10.1. The Labute approximate surface area is 89.1 Å². The highest BCUT2D eigenvalue weighted by molar-refractivity contribution is 4.72. The average Bonchev–Trinajstić information content (AvgIpc) is 2.18. The van der Waals surface area contributed by atoms with Crippen molar-refractivity contribution in [2.24, 2.45) is 0 Å². The van der Waals surface area contributed by atoms with E-state index in [0.717, 1.165) is 25.8 Å². The monoisotopic (exact) mass is 201 g/mol. The van der Waals surface area contributed by atoms with Gasteiger partial charge in [0.25, 0.3) is 0 Å². The van der Waals surface area contributed by atoms with Gasteiger partial charge in [-0.2, -0.15) is 0 Å². The van der Waals surface area contributed by atoms with Crippen LogP contribution in [0.2, 0.25) is 0 Å². The number of unbranched alkanes of at least 4 members (excludes halogenated alkanes) is 4. The fraction of sp³-hybridized carbons (Fsp3) is 1.00. The Hall–Kier alpha value is -0.0800. The fourth-order valence-corrected chi connectivity index (χ4v) is 1.74. The summed E-state index contributed by atoms with van der Waals surface area (Å²) < 4.78 is 0. The van der Waals surface area contributed by atoms with Crippen molar-refractivity contribution in [3.8, 4) is 0 Å². The van der Waals surface area contributed by atoms with E-state index in [1.165, 1.54) is 25.7 Å². The second-order valence-corrected chi connectivity index (χ2v) is 4.08. The second-order valence-electron chi connectivity index (χ2n) is 4.08. The van der Waals surface area contributed by atoms with Crippen LogP contribution in [0, 0.1) is 0 Å². The van der Waals surface area contributed by atoms with Gasteiger partial charge < -0.3 is 5.11 Å². The largest absolute Gasteiger partial charge is 0.376 e. The van der Waals surface area contributed by atoms with E-state index in [2.05, 4.69) is 12.2 Å². The summed E-state index contributed by atoms with van der Waals surface area (Å²) in [6.45, 7) is 7.15. The maximum atomic E-state index is 10.1. The lowest BCUT2D eigenvalue weighted by Gasteiger charge is -2.27. The van der Waals surface area contributed by atoms with Gasteiger partial charge in [-0.15, -0.1) is 0 Å². The summed E-state index contributed by atoms with van der Waals surface area (Å²) in [4.78, 5) is 0. The van der Waals surface area contributed by atoms with Crippen LogP contribution < -0.4 is 5.32 Å². The van der Waals surface area contributed by atoms with Gasteiger partial charge in [0.05, 0.1) is 0 Å². The molecule has 2 heteroatoms. The van der Waals surface area contributed by atoms with Gasteiger partial charge in [0.1, 0.15) is 5.72 Å². The summed E-state index contributed by atoms with van der Waals surface area (Å²) in [6, 6.07) is 0. The number of aliphatic hydroxyl groups is 1. The van der Waals surface area contributed by atoms with Crippen molar-refractivity contribution in [3.05, 3.63) is 0 Å². The summed E-state index contributed by atoms with van der Waals surface area (Å²) in [6.07, 6.45) is 7.99. The Morgan fingerprint density at radius 2 is 1.64 bits per heavy atom. The summed E-state index contributed by atoms with van der Waals surface area (Å²) in [5.74, 6) is 0. The molecule has 0 saturated heterocycles. The fourth-order valence-electron chi connectivity index (χ4n) is 1.74. The SMILES string of the molecule is CCCCCCCC(O)(CC)NCC. The van der Waals surface area contributed by atoms with Gasteiger partial charge in [0.15, 0.2) is 0 Å². The quantitative estimate of drug-likeness (QED) is 0.444. The molecule has 1 unspecified atom stereocenters. The Bertz CT molecular complexity index is 127. The molecule has 0 aromatic carbocycles. The first-order valence-corrected chi connectivity index (χ1v) is 6.16. The highest BCUT2D eigenvalue weighted by Gasteiger charge is 2.21. The van der Waals surface area contributed by atoms with Gasteiger partial charge in [0, 0.05) is 0 Å². The standard InChI is InChI=1S/C12H27NO/c1-4-7-8-9-10-11-12(14,5-2)13-6-3/h13-14H,4-11H2,1-3H3. The van der Waals surface area contributed by atoms with Crippen LogP contribution in [0.15, 0.2) is 0 Å². The predicted octanol–water partition coefficient (Wildman–Crippen LogP) is 3.06. The smallest absolute Gasteiger partial charge is 0.115 e. The van der Waals surface area contributed by atoms with Gasteiger partial charge in [-0.1, -0.05) is 46.5 Å². The van der Waals surface area contributed by atoms with Gasteiger partial charge in [0.2, 0.25) is 0 Å². The summed E-state index contributed by atoms with van der Waals surface area (Å²) in [5, 5.41) is 13.2. The first kappa shape index (κ1) is 13.9. The number of hydrogen-bond acceptors (Lipinski definition) is 2. The lowest BCUT2D eigenvalue weighted by Crippen LogP contribution is -2.44. The van der Waals surface area contributed by atoms with Crippen LogP contribution in [0.25, 0.3) is 0 Å². The van der Waals surface area contributed by atoms with E-state index in [1.54, 1.807) is 0 Å². The molecule has 2 nitrogen and oxygen atoms in total. The summed E-state index contributed by atoms with van der Waals surface area (Å²) in [5.41, 5.74) is -0.610. The molecular formula is C12H27NO. The Morgan fingerprint density at radius 3 is 2.14 bits per heavy atom. The zero-order valence-corrected chi connectivity index (χ0v) is 10.1. The molecule has 0 aliphatic carbocycles. The molecule has 86 valence electrons. The third-order valence-electron chi connectivity index (χ3n) is 2.78. The first-order chi connectivity index (χ1) is 6.68. The van der Waals surface area contributed by atoms with E-state index in [-0.39, 0.29) is 0 Å². The van der Waals surface area contributed by atoms with Crippen molar-refractivity contribution < 1.29 is 5.11 Å². The van der Waals surface area contributed by atoms with Gasteiger partial charge in [-0.3, -0.25) is 5.32 Å². The molecule has 0 heterocycles. The molecule has 1 atom stereocenters. The highest BCUT2D eigenvalue weighted by Crippen LogP contribution is 2.16. The number of rotatable bonds is 9. The zero-order chi connectivity index (χ0) is 10.9. The van der Waals surface area contributed by atoms with Crippen LogP contribution in [0.5, 0.6) is 0 Å². The molecule has 0 fully saturated rings. The van der Waals surface area contributed by atoms with Crippen LogP contribution in [-0.4, -0.2) is 17.4 Å². The molecule has 2 N–H and O–H groups in total. The highest BCUT2D eigenvalue weighted by atomic mass is 16.3. The average molecular weight is 201 g/mol. The van der Waals surface area contributed by atoms with Crippen LogP contribution in [-0.2, 0) is 0 Å². The van der Waals surface area contributed by atoms with E-state index in [0.29, 0.717) is 0 Å². The molecule has 0 bridgehead atoms. The van der Waals surface area contributed by atoms with Crippen LogP contribution in [0.4, 0.5) is 0 Å². The number of hydrogen-bond donors (Lipinski definition) is 2. The van der Waals surface area contributed by atoms with Crippen LogP contribution in [0.3, 0.4) is 0 Å². The minimum atomic E-state index is -0.610. The van der Waals surface area contributed by atoms with E-state index in [9.17, 15) is 5.11 Å². The van der Waals surface area contributed by atoms with Crippen molar-refractivity contribution in [3.63, 3.8) is 0 Å². The van der Waals surface area contributed by atoms with Gasteiger partial charge >= 0.3 is 0 Å². The van der Waals surface area contributed by atoms with E-state index in [1.807, 2.05) is 13.8 Å². The summed E-state index contributed by atoms with van der Waals surface area (Å²) >= 11 is 0. The molecule has 0 spiro atoms. The van der Waals surface area contributed by atoms with E-state index >= 15 is 0 Å². The molecule has 0 aliphatic heterocycles. The molecule has 0 radical (unpaired) electrons. The molecule has 0 amide bonds. The first-order valence-electron chi connectivity index (χ1n) is 6.16. The minimum absolute atomic E-state index is 0.610. The lowest BCUT2D eigenvalue weighted by molar-refractivity contribution is -0.00723. The molecule has 0 saturated carbocycles. The topological polar surface area (TPSA) is 32.3 Å². The molecular weight excluding hydrogens is 174 g/mol. The molecule has 0 aromatic rings. The van der Waals surface area contributed by atoms with Crippen LogP contribution >= 0.6 is 0 Å². The van der Waals surface area contributed by atoms with Crippen molar-refractivity contribution in [2.45, 2.75) is 71.4 Å².